The number of nitrogens with one attached hydrogen (secondary N) is 1. The summed E-state index contributed by atoms with van der Waals surface area (Å²) in [4.78, 5) is 48.2. The third-order valence-corrected chi connectivity index (χ3v) is 5.34. The van der Waals surface area contributed by atoms with E-state index in [9.17, 15) is 28.9 Å². The van der Waals surface area contributed by atoms with Crippen molar-refractivity contribution in [2.45, 2.75) is 6.92 Å². The Morgan fingerprint density at radius 3 is 2.61 bits per heavy atom. The van der Waals surface area contributed by atoms with Crippen LogP contribution >= 0.6 is 11.8 Å². The summed E-state index contributed by atoms with van der Waals surface area (Å²) in [6.07, 6.45) is 1.61. The minimum atomic E-state index is -0.988. The second-order valence-corrected chi connectivity index (χ2v) is 7.64. The highest BCUT2D eigenvalue weighted by Gasteiger charge is 2.34. The summed E-state index contributed by atoms with van der Waals surface area (Å²) in [5.41, 5.74) is 5.82. The van der Waals surface area contributed by atoms with E-state index in [1.54, 1.807) is 6.08 Å². The van der Waals surface area contributed by atoms with Crippen molar-refractivity contribution in [1.82, 2.24) is 10.2 Å². The Labute approximate surface area is 180 Å². The van der Waals surface area contributed by atoms with Gasteiger partial charge in [0.25, 0.3) is 22.7 Å². The molecule has 9 nitrogen and oxygen atoms in total. The van der Waals surface area contributed by atoms with Crippen LogP contribution < -0.4 is 11.1 Å². The zero-order chi connectivity index (χ0) is 22.7. The molecule has 1 fully saturated rings. The lowest BCUT2D eigenvalue weighted by Crippen LogP contribution is -2.37. The zero-order valence-corrected chi connectivity index (χ0v) is 17.1. The SMILES string of the molecule is Cc1ccc(C=C2SC(=O)N(CCNC(=O)c3cc(F)cc([N+](=O)[O-])c3N)C2=O)cc1. The van der Waals surface area contributed by atoms with Crippen molar-refractivity contribution in [2.24, 2.45) is 0 Å². The molecule has 0 atom stereocenters. The first-order valence-corrected chi connectivity index (χ1v) is 9.82. The normalized spacial score (nSPS) is 14.9. The fourth-order valence-electron chi connectivity index (χ4n) is 2.83. The highest BCUT2D eigenvalue weighted by molar-refractivity contribution is 8.18. The van der Waals surface area contributed by atoms with Gasteiger partial charge in [-0.3, -0.25) is 29.4 Å². The molecule has 31 heavy (non-hydrogen) atoms. The van der Waals surface area contributed by atoms with Gasteiger partial charge in [0.15, 0.2) is 0 Å². The fourth-order valence-corrected chi connectivity index (χ4v) is 3.69. The van der Waals surface area contributed by atoms with E-state index in [2.05, 4.69) is 5.32 Å². The predicted octanol–water partition coefficient (Wildman–Crippen LogP) is 3.09. The van der Waals surface area contributed by atoms with Crippen LogP contribution in [0.3, 0.4) is 0 Å². The molecule has 0 aliphatic carbocycles. The fraction of sp³-hybridized carbons (Fsp3) is 0.150. The first kappa shape index (κ1) is 22.0. The number of hydrogen-bond donors (Lipinski definition) is 2. The number of hydrogen-bond acceptors (Lipinski definition) is 7. The molecule has 3 amide bonds. The van der Waals surface area contributed by atoms with Crippen molar-refractivity contribution in [3.63, 3.8) is 0 Å². The lowest BCUT2D eigenvalue weighted by Gasteiger charge is -2.13. The van der Waals surface area contributed by atoms with Gasteiger partial charge in [-0.25, -0.2) is 4.39 Å². The number of anilines is 1. The van der Waals surface area contributed by atoms with Crippen molar-refractivity contribution in [3.8, 4) is 0 Å². The Hall–Kier alpha value is -3.73. The minimum absolute atomic E-state index is 0.126. The van der Waals surface area contributed by atoms with Crippen LogP contribution in [0.1, 0.15) is 21.5 Å². The lowest BCUT2D eigenvalue weighted by molar-refractivity contribution is -0.384. The second-order valence-electron chi connectivity index (χ2n) is 6.64. The van der Waals surface area contributed by atoms with E-state index in [0.29, 0.717) is 6.07 Å². The average molecular weight is 444 g/mol. The number of carbonyl (C=O) groups is 3. The molecular formula is C20H17FN4O5S. The number of nitrogens with two attached hydrogens (primary N) is 1. The van der Waals surface area contributed by atoms with Crippen LogP contribution in [0.4, 0.5) is 20.6 Å². The van der Waals surface area contributed by atoms with Crippen LogP contribution in [0, 0.1) is 22.9 Å². The van der Waals surface area contributed by atoms with Crippen LogP contribution in [-0.4, -0.2) is 40.0 Å². The first-order chi connectivity index (χ1) is 14.7. The van der Waals surface area contributed by atoms with Crippen molar-refractivity contribution >= 4 is 46.3 Å². The van der Waals surface area contributed by atoms with Gasteiger partial charge in [0, 0.05) is 13.1 Å². The number of benzene rings is 2. The van der Waals surface area contributed by atoms with Gasteiger partial charge in [0.05, 0.1) is 21.5 Å². The standard InChI is InChI=1S/C20H17FN4O5S/c1-11-2-4-12(5-3-11)8-16-19(27)24(20(28)31-16)7-6-23-18(26)14-9-13(21)10-15(17(14)22)25(29)30/h2-5,8-10H,6-7,22H2,1H3,(H,23,26). The van der Waals surface area contributed by atoms with E-state index < -0.39 is 44.7 Å². The van der Waals surface area contributed by atoms with Crippen molar-refractivity contribution in [3.05, 3.63) is 73.9 Å². The van der Waals surface area contributed by atoms with Gasteiger partial charge in [-0.1, -0.05) is 29.8 Å². The van der Waals surface area contributed by atoms with Crippen LogP contribution in [0.5, 0.6) is 0 Å². The summed E-state index contributed by atoms with van der Waals surface area (Å²) < 4.78 is 13.6. The number of carbonyl (C=O) groups excluding carboxylic acids is 3. The smallest absolute Gasteiger partial charge is 0.295 e. The largest absolute Gasteiger partial charge is 0.393 e. The highest BCUT2D eigenvalue weighted by atomic mass is 32.2. The van der Waals surface area contributed by atoms with Crippen LogP contribution in [0.2, 0.25) is 0 Å². The maximum Gasteiger partial charge on any atom is 0.295 e. The molecular weight excluding hydrogens is 427 g/mol. The number of amides is 3. The summed E-state index contributed by atoms with van der Waals surface area (Å²) in [5, 5.41) is 12.8. The molecule has 0 aromatic heterocycles. The van der Waals surface area contributed by atoms with Crippen molar-refractivity contribution in [1.29, 1.82) is 0 Å². The molecule has 1 heterocycles. The van der Waals surface area contributed by atoms with Gasteiger partial charge < -0.3 is 11.1 Å². The number of nitro groups is 1. The molecule has 1 aliphatic heterocycles. The van der Waals surface area contributed by atoms with Crippen LogP contribution in [0.25, 0.3) is 6.08 Å². The summed E-state index contributed by atoms with van der Waals surface area (Å²) in [5.74, 6) is -2.34. The topological polar surface area (TPSA) is 136 Å². The van der Waals surface area contributed by atoms with E-state index >= 15 is 0 Å². The number of thioether (sulfide) groups is 1. The second kappa shape index (κ2) is 8.96. The third-order valence-electron chi connectivity index (χ3n) is 4.43. The molecule has 160 valence electrons. The number of imide groups is 1. The van der Waals surface area contributed by atoms with Gasteiger partial charge in [-0.15, -0.1) is 0 Å². The van der Waals surface area contributed by atoms with Crippen molar-refractivity contribution in [2.75, 3.05) is 18.8 Å². The molecule has 0 radical (unpaired) electrons. The molecule has 0 bridgehead atoms. The molecule has 3 rings (SSSR count). The van der Waals surface area contributed by atoms with E-state index in [1.807, 2.05) is 31.2 Å². The van der Waals surface area contributed by atoms with Gasteiger partial charge in [0.1, 0.15) is 11.5 Å². The summed E-state index contributed by atoms with van der Waals surface area (Å²) in [7, 11) is 0. The number of nitrogen functional groups attached to an aromatic ring is 1. The summed E-state index contributed by atoms with van der Waals surface area (Å²) in [6.45, 7) is 1.67. The van der Waals surface area contributed by atoms with Crippen LogP contribution in [0.15, 0.2) is 41.3 Å². The molecule has 1 aliphatic rings. The predicted molar refractivity (Wildman–Crippen MR) is 114 cm³/mol. The highest BCUT2D eigenvalue weighted by Crippen LogP contribution is 2.32. The van der Waals surface area contributed by atoms with Gasteiger partial charge in [-0.2, -0.15) is 0 Å². The number of halogens is 1. The minimum Gasteiger partial charge on any atom is -0.393 e. The Morgan fingerprint density at radius 2 is 1.97 bits per heavy atom. The van der Waals surface area contributed by atoms with Gasteiger partial charge in [0.2, 0.25) is 0 Å². The Morgan fingerprint density at radius 1 is 1.29 bits per heavy atom. The summed E-state index contributed by atoms with van der Waals surface area (Å²) in [6, 6.07) is 8.81. The number of rotatable bonds is 6. The molecule has 3 N–H and O–H groups in total. The molecule has 1 saturated heterocycles. The maximum absolute atomic E-state index is 13.6. The van der Waals surface area contributed by atoms with Crippen molar-refractivity contribution < 1.29 is 23.7 Å². The number of nitrogens with zero attached hydrogens (tertiary/aromatic N) is 2. The number of aryl methyl sites for hydroxylation is 1. The zero-order valence-electron chi connectivity index (χ0n) is 16.3. The number of nitro benzene ring substituents is 1. The lowest BCUT2D eigenvalue weighted by atomic mass is 10.1. The van der Waals surface area contributed by atoms with E-state index in [4.69, 9.17) is 5.73 Å². The third kappa shape index (κ3) is 4.89. The molecule has 2 aromatic rings. The quantitative estimate of drug-likeness (QED) is 0.302. The van der Waals surface area contributed by atoms with Crippen LogP contribution in [-0.2, 0) is 4.79 Å². The Balaban J connectivity index is 1.65. The molecule has 0 unspecified atom stereocenters. The molecule has 11 heteroatoms. The molecule has 0 saturated carbocycles. The Bertz CT molecular complexity index is 1120. The van der Waals surface area contributed by atoms with E-state index in [0.717, 1.165) is 33.9 Å². The molecule has 0 spiro atoms. The van der Waals surface area contributed by atoms with E-state index in [1.165, 1.54) is 0 Å². The van der Waals surface area contributed by atoms with Gasteiger partial charge in [-0.05, 0) is 36.4 Å². The average Bonchev–Trinajstić information content (AvgIpc) is 2.98. The molecule has 2 aromatic carbocycles. The van der Waals surface area contributed by atoms with E-state index in [-0.39, 0.29) is 18.0 Å². The maximum atomic E-state index is 13.6. The monoisotopic (exact) mass is 444 g/mol. The summed E-state index contributed by atoms with van der Waals surface area (Å²) >= 11 is 0.787. The Kier molecular flexibility index (Phi) is 6.35. The first-order valence-electron chi connectivity index (χ1n) is 9.01. The van der Waals surface area contributed by atoms with Gasteiger partial charge >= 0.3 is 0 Å².